The molecule has 2 aromatic carbocycles. The van der Waals surface area contributed by atoms with Crippen LogP contribution in [0.3, 0.4) is 0 Å². The van der Waals surface area contributed by atoms with E-state index in [2.05, 4.69) is 57.2 Å². The fourth-order valence-corrected chi connectivity index (χ4v) is 7.11. The van der Waals surface area contributed by atoms with Crippen LogP contribution >= 0.6 is 0 Å². The molecule has 4 atom stereocenters. The number of ether oxygens (including phenoxy) is 1. The zero-order valence-electron chi connectivity index (χ0n) is 20.0. The minimum absolute atomic E-state index is 0.151. The third kappa shape index (κ3) is 3.73. The van der Waals surface area contributed by atoms with Crippen LogP contribution in [0.5, 0.6) is 5.75 Å². The number of hydrogen-bond donors (Lipinski definition) is 0. The van der Waals surface area contributed by atoms with Crippen molar-refractivity contribution in [2.45, 2.75) is 31.8 Å². The standard InChI is InChI=1S/C30H31N3O2/c34-30(25-13-24(14-31-15-25)21-7-9-29-22(12-21)10-11-35-29)33-17-23-6-8-28(33)27-19-32(18-26(23)27)16-20-4-2-1-3-5-20/h1-5,7,9,12-15,23,26-28H,6,8,10-11,16-19H2. The summed E-state index contributed by atoms with van der Waals surface area (Å²) in [6, 6.07) is 19.5. The van der Waals surface area contributed by atoms with Gasteiger partial charge in [-0.25, -0.2) is 0 Å². The van der Waals surface area contributed by atoms with Crippen LogP contribution in [-0.2, 0) is 13.0 Å². The van der Waals surface area contributed by atoms with Gasteiger partial charge in [-0.3, -0.25) is 14.7 Å². The van der Waals surface area contributed by atoms with Gasteiger partial charge in [0.25, 0.3) is 5.91 Å². The molecule has 1 aromatic heterocycles. The molecule has 0 spiro atoms. The summed E-state index contributed by atoms with van der Waals surface area (Å²) >= 11 is 0. The van der Waals surface area contributed by atoms with Gasteiger partial charge in [0.15, 0.2) is 0 Å². The first-order valence-corrected chi connectivity index (χ1v) is 13.0. The minimum atomic E-state index is 0.151. The van der Waals surface area contributed by atoms with E-state index in [-0.39, 0.29) is 5.91 Å². The number of fused-ring (bicyclic) bond motifs is 3. The van der Waals surface area contributed by atoms with Crippen molar-refractivity contribution >= 4 is 5.91 Å². The summed E-state index contributed by atoms with van der Waals surface area (Å²) < 4.78 is 5.65. The minimum Gasteiger partial charge on any atom is -0.493 e. The molecule has 4 unspecified atom stereocenters. The monoisotopic (exact) mass is 465 g/mol. The number of piperidine rings is 2. The molecule has 1 aliphatic carbocycles. The van der Waals surface area contributed by atoms with Crippen molar-refractivity contribution in [2.75, 3.05) is 26.2 Å². The van der Waals surface area contributed by atoms with E-state index in [0.29, 0.717) is 23.4 Å². The van der Waals surface area contributed by atoms with Gasteiger partial charge in [0, 0.05) is 56.6 Å². The SMILES string of the molecule is O=C(c1cncc(-c2ccc3c(c2)CCO3)c1)N1CC2CCC1C1CN(Cc3ccccc3)CC21. The summed E-state index contributed by atoms with van der Waals surface area (Å²) in [5, 5.41) is 0. The first kappa shape index (κ1) is 21.1. The Morgan fingerprint density at radius 1 is 0.943 bits per heavy atom. The van der Waals surface area contributed by atoms with Crippen LogP contribution in [0, 0.1) is 17.8 Å². The number of aromatic nitrogens is 1. The molecule has 5 nitrogen and oxygen atoms in total. The highest BCUT2D eigenvalue weighted by molar-refractivity contribution is 5.95. The lowest BCUT2D eigenvalue weighted by molar-refractivity contribution is -0.0144. The zero-order chi connectivity index (χ0) is 23.4. The van der Waals surface area contributed by atoms with Gasteiger partial charge in [0.1, 0.15) is 5.75 Å². The number of nitrogens with zero attached hydrogens (tertiary/aromatic N) is 3. The largest absolute Gasteiger partial charge is 0.493 e. The summed E-state index contributed by atoms with van der Waals surface area (Å²) in [7, 11) is 0. The molecule has 0 N–H and O–H groups in total. The topological polar surface area (TPSA) is 45.7 Å². The van der Waals surface area contributed by atoms with Crippen molar-refractivity contribution in [3.05, 3.63) is 83.7 Å². The Morgan fingerprint density at radius 3 is 2.74 bits per heavy atom. The summed E-state index contributed by atoms with van der Waals surface area (Å²) in [5.41, 5.74) is 5.43. The van der Waals surface area contributed by atoms with Crippen molar-refractivity contribution in [3.8, 4) is 16.9 Å². The molecule has 3 aromatic rings. The predicted molar refractivity (Wildman–Crippen MR) is 135 cm³/mol. The summed E-state index contributed by atoms with van der Waals surface area (Å²) in [6.45, 7) is 4.92. The van der Waals surface area contributed by atoms with E-state index in [4.69, 9.17) is 4.74 Å². The first-order valence-electron chi connectivity index (χ1n) is 13.0. The van der Waals surface area contributed by atoms with Crippen molar-refractivity contribution in [1.82, 2.24) is 14.8 Å². The van der Waals surface area contributed by atoms with Crippen LogP contribution in [0.1, 0.15) is 34.3 Å². The Balaban J connectivity index is 1.10. The molecule has 35 heavy (non-hydrogen) atoms. The number of amides is 1. The maximum atomic E-state index is 13.8. The third-order valence-electron chi connectivity index (χ3n) is 8.77. The number of benzene rings is 2. The Hall–Kier alpha value is -3.18. The van der Waals surface area contributed by atoms with Gasteiger partial charge in [-0.2, -0.15) is 0 Å². The fourth-order valence-electron chi connectivity index (χ4n) is 7.11. The Bertz CT molecular complexity index is 1260. The molecule has 1 amide bonds. The molecular formula is C30H31N3O2. The number of carbonyl (C=O) groups excluding carboxylic acids is 1. The fraction of sp³-hybridized carbons (Fsp3) is 0.400. The number of pyridine rings is 1. The van der Waals surface area contributed by atoms with Gasteiger partial charge in [-0.05, 0) is 65.5 Å². The van der Waals surface area contributed by atoms with Crippen LogP contribution in [0.2, 0.25) is 0 Å². The van der Waals surface area contributed by atoms with E-state index < -0.39 is 0 Å². The molecule has 178 valence electrons. The predicted octanol–water partition coefficient (Wildman–Crippen LogP) is 4.67. The van der Waals surface area contributed by atoms with Gasteiger partial charge in [0.2, 0.25) is 0 Å². The molecule has 1 saturated carbocycles. The maximum absolute atomic E-state index is 13.8. The smallest absolute Gasteiger partial charge is 0.255 e. The van der Waals surface area contributed by atoms with Crippen LogP contribution in [0.4, 0.5) is 0 Å². The number of carbonyl (C=O) groups is 1. The normalized spacial score (nSPS) is 26.9. The lowest BCUT2D eigenvalue weighted by Crippen LogP contribution is -2.59. The van der Waals surface area contributed by atoms with E-state index in [1.165, 1.54) is 24.1 Å². The molecule has 4 aliphatic heterocycles. The molecule has 8 rings (SSSR count). The highest BCUT2D eigenvalue weighted by Gasteiger charge is 2.52. The first-order chi connectivity index (χ1) is 17.2. The van der Waals surface area contributed by atoms with E-state index >= 15 is 0 Å². The third-order valence-corrected chi connectivity index (χ3v) is 8.77. The van der Waals surface area contributed by atoms with Gasteiger partial charge >= 0.3 is 0 Å². The van der Waals surface area contributed by atoms with Gasteiger partial charge in [-0.1, -0.05) is 36.4 Å². The molecular weight excluding hydrogens is 434 g/mol. The molecule has 5 heterocycles. The number of likely N-dealkylation sites (tertiary alicyclic amines) is 1. The Morgan fingerprint density at radius 2 is 1.83 bits per heavy atom. The summed E-state index contributed by atoms with van der Waals surface area (Å²) in [4.78, 5) is 23.1. The van der Waals surface area contributed by atoms with E-state index in [1.54, 1.807) is 6.20 Å². The average molecular weight is 466 g/mol. The van der Waals surface area contributed by atoms with Gasteiger partial charge in [0.05, 0.1) is 12.2 Å². The number of hydrogen-bond acceptors (Lipinski definition) is 4. The highest BCUT2D eigenvalue weighted by Crippen LogP contribution is 2.47. The van der Waals surface area contributed by atoms with Gasteiger partial charge < -0.3 is 9.64 Å². The summed E-state index contributed by atoms with van der Waals surface area (Å²) in [6.07, 6.45) is 6.94. The summed E-state index contributed by atoms with van der Waals surface area (Å²) in [5.74, 6) is 3.05. The van der Waals surface area contributed by atoms with Crippen LogP contribution in [-0.4, -0.2) is 53.0 Å². The van der Waals surface area contributed by atoms with Crippen molar-refractivity contribution < 1.29 is 9.53 Å². The average Bonchev–Trinajstić information content (AvgIpc) is 3.56. The molecule has 4 fully saturated rings. The van der Waals surface area contributed by atoms with E-state index in [1.807, 2.05) is 18.3 Å². The van der Waals surface area contributed by atoms with Gasteiger partial charge in [-0.15, -0.1) is 0 Å². The second-order valence-electron chi connectivity index (χ2n) is 10.8. The second kappa shape index (κ2) is 8.49. The molecule has 3 saturated heterocycles. The van der Waals surface area contributed by atoms with E-state index in [9.17, 15) is 4.79 Å². The molecule has 5 heteroatoms. The lowest BCUT2D eigenvalue weighted by Gasteiger charge is -2.52. The number of rotatable bonds is 4. The van der Waals surface area contributed by atoms with E-state index in [0.717, 1.165) is 61.9 Å². The maximum Gasteiger partial charge on any atom is 0.255 e. The van der Waals surface area contributed by atoms with Crippen LogP contribution in [0.15, 0.2) is 67.0 Å². The molecule has 5 aliphatic rings. The lowest BCUT2D eigenvalue weighted by atomic mass is 9.66. The quantitative estimate of drug-likeness (QED) is 0.562. The Labute approximate surface area is 206 Å². The van der Waals surface area contributed by atoms with Crippen LogP contribution in [0.25, 0.3) is 11.1 Å². The highest BCUT2D eigenvalue weighted by atomic mass is 16.5. The molecule has 0 radical (unpaired) electrons. The molecule has 2 bridgehead atoms. The van der Waals surface area contributed by atoms with Crippen molar-refractivity contribution in [3.63, 3.8) is 0 Å². The zero-order valence-corrected chi connectivity index (χ0v) is 20.0. The van der Waals surface area contributed by atoms with Crippen LogP contribution < -0.4 is 4.74 Å². The van der Waals surface area contributed by atoms with Crippen molar-refractivity contribution in [1.29, 1.82) is 0 Å². The van der Waals surface area contributed by atoms with Crippen molar-refractivity contribution in [2.24, 2.45) is 17.8 Å². The Kier molecular flexibility index (Phi) is 5.13. The second-order valence-corrected chi connectivity index (χ2v) is 10.8.